The van der Waals surface area contributed by atoms with E-state index >= 15 is 0 Å². The lowest BCUT2D eigenvalue weighted by molar-refractivity contribution is -0.127. The summed E-state index contributed by atoms with van der Waals surface area (Å²) < 4.78 is 6.95. The number of aromatic nitrogens is 2. The number of carbonyl (C=O) groups is 3. The third kappa shape index (κ3) is 5.94. The van der Waals surface area contributed by atoms with Gasteiger partial charge in [-0.15, -0.1) is 0 Å². The molecular weight excluding hydrogens is 418 g/mol. The van der Waals surface area contributed by atoms with Gasteiger partial charge in [0.05, 0.1) is 12.1 Å². The Balaban J connectivity index is 1.85. The molecule has 2 aromatic heterocycles. The van der Waals surface area contributed by atoms with Crippen LogP contribution in [0.4, 0.5) is 4.79 Å². The van der Waals surface area contributed by atoms with Gasteiger partial charge in [-0.05, 0) is 58.9 Å². The van der Waals surface area contributed by atoms with E-state index in [2.05, 4.69) is 4.98 Å². The number of carbonyl (C=O) groups excluding carboxylic acids is 3. The molecule has 0 N–H and O–H groups in total. The molecule has 7 nitrogen and oxygen atoms in total. The number of ketones is 1. The van der Waals surface area contributed by atoms with Gasteiger partial charge in [0.15, 0.2) is 5.78 Å². The molecule has 1 aromatic carbocycles. The normalized spacial score (nSPS) is 11.8. The summed E-state index contributed by atoms with van der Waals surface area (Å²) in [5.74, 6) is -0.448. The highest BCUT2D eigenvalue weighted by molar-refractivity contribution is 6.02. The molecule has 2 heterocycles. The van der Waals surface area contributed by atoms with Crippen LogP contribution in [0.1, 0.15) is 50.5 Å². The van der Waals surface area contributed by atoms with Gasteiger partial charge >= 0.3 is 6.09 Å². The highest BCUT2D eigenvalue weighted by atomic mass is 16.6. The predicted molar refractivity (Wildman–Crippen MR) is 128 cm³/mol. The van der Waals surface area contributed by atoms with Gasteiger partial charge < -0.3 is 9.64 Å². The number of rotatable bonds is 6. The van der Waals surface area contributed by atoms with Gasteiger partial charge in [-0.1, -0.05) is 18.2 Å². The lowest BCUT2D eigenvalue weighted by atomic mass is 10.1. The molecule has 0 aliphatic rings. The van der Waals surface area contributed by atoms with Gasteiger partial charge in [0.25, 0.3) is 0 Å². The highest BCUT2D eigenvalue weighted by Gasteiger charge is 2.21. The van der Waals surface area contributed by atoms with E-state index in [0.717, 1.165) is 5.39 Å². The molecule has 33 heavy (non-hydrogen) atoms. The monoisotopic (exact) mass is 447 g/mol. The Labute approximate surface area is 193 Å². The Kier molecular flexibility index (Phi) is 7.11. The molecule has 0 saturated heterocycles. The van der Waals surface area contributed by atoms with Gasteiger partial charge in [0, 0.05) is 47.2 Å². The van der Waals surface area contributed by atoms with Crippen molar-refractivity contribution >= 4 is 34.8 Å². The van der Waals surface area contributed by atoms with E-state index in [4.69, 9.17) is 4.74 Å². The molecule has 7 heteroatoms. The van der Waals surface area contributed by atoms with Crippen LogP contribution in [-0.4, -0.2) is 50.4 Å². The van der Waals surface area contributed by atoms with Crippen LogP contribution in [0.3, 0.4) is 0 Å². The quantitative estimate of drug-likeness (QED) is 0.394. The van der Waals surface area contributed by atoms with Crippen LogP contribution >= 0.6 is 0 Å². The predicted octanol–water partition coefficient (Wildman–Crippen LogP) is 4.95. The van der Waals surface area contributed by atoms with E-state index in [1.807, 2.05) is 58.9 Å². The summed E-state index contributed by atoms with van der Waals surface area (Å²) in [5, 5.41) is 0.816. The summed E-state index contributed by atoms with van der Waals surface area (Å²) >= 11 is 0. The minimum absolute atomic E-state index is 0.0372. The first-order valence-corrected chi connectivity index (χ1v) is 10.8. The fourth-order valence-corrected chi connectivity index (χ4v) is 3.36. The van der Waals surface area contributed by atoms with E-state index in [9.17, 15) is 14.4 Å². The van der Waals surface area contributed by atoms with E-state index in [1.165, 1.54) is 15.5 Å². The number of ether oxygens (including phenoxy) is 1. The van der Waals surface area contributed by atoms with Crippen molar-refractivity contribution in [3.8, 4) is 0 Å². The largest absolute Gasteiger partial charge is 0.443 e. The molecule has 0 fully saturated rings. The van der Waals surface area contributed by atoms with Crippen molar-refractivity contribution in [2.75, 3.05) is 6.54 Å². The van der Waals surface area contributed by atoms with Crippen LogP contribution in [-0.2, 0) is 9.53 Å². The summed E-state index contributed by atoms with van der Waals surface area (Å²) in [4.78, 5) is 43.7. The third-order valence-electron chi connectivity index (χ3n) is 4.96. The second kappa shape index (κ2) is 9.81. The first-order chi connectivity index (χ1) is 15.6. The molecule has 3 rings (SSSR count). The zero-order chi connectivity index (χ0) is 24.2. The number of para-hydroxylation sites is 1. The van der Waals surface area contributed by atoms with Crippen molar-refractivity contribution in [2.24, 2.45) is 0 Å². The zero-order valence-electron chi connectivity index (χ0n) is 19.6. The lowest BCUT2D eigenvalue weighted by Crippen LogP contribution is -2.39. The Morgan fingerprint density at radius 2 is 1.76 bits per heavy atom. The summed E-state index contributed by atoms with van der Waals surface area (Å²) in [5.41, 5.74) is 1.27. The van der Waals surface area contributed by atoms with E-state index in [0.29, 0.717) is 16.6 Å². The second-order valence-corrected chi connectivity index (χ2v) is 9.00. The van der Waals surface area contributed by atoms with Crippen LogP contribution in [0.25, 0.3) is 17.0 Å². The van der Waals surface area contributed by atoms with Gasteiger partial charge in [-0.3, -0.25) is 19.1 Å². The van der Waals surface area contributed by atoms with Crippen LogP contribution in [0.2, 0.25) is 0 Å². The van der Waals surface area contributed by atoms with Gasteiger partial charge in [0.2, 0.25) is 5.91 Å². The Morgan fingerprint density at radius 1 is 1.09 bits per heavy atom. The number of nitrogens with zero attached hydrogens (tertiary/aromatic N) is 3. The minimum atomic E-state index is -0.631. The van der Waals surface area contributed by atoms with Crippen molar-refractivity contribution in [3.05, 3.63) is 72.2 Å². The SMILES string of the molecule is CC(C)N(CC(=O)c1ccncc1)C(=O)/C=C/c1cn(C(=O)OC(C)(C)C)c2ccccc12. The smallest absolute Gasteiger partial charge is 0.419 e. The number of benzene rings is 1. The topological polar surface area (TPSA) is 81.5 Å². The van der Waals surface area contributed by atoms with Crippen LogP contribution in [0.5, 0.6) is 0 Å². The average Bonchev–Trinajstić information content (AvgIpc) is 3.14. The highest BCUT2D eigenvalue weighted by Crippen LogP contribution is 2.24. The van der Waals surface area contributed by atoms with Gasteiger partial charge in [-0.2, -0.15) is 0 Å². The summed E-state index contributed by atoms with van der Waals surface area (Å²) in [6, 6.07) is 10.5. The summed E-state index contributed by atoms with van der Waals surface area (Å²) in [6.45, 7) is 9.11. The van der Waals surface area contributed by atoms with Crippen LogP contribution in [0.15, 0.2) is 61.1 Å². The minimum Gasteiger partial charge on any atom is -0.443 e. The van der Waals surface area contributed by atoms with E-state index < -0.39 is 11.7 Å². The average molecular weight is 448 g/mol. The summed E-state index contributed by atoms with van der Waals surface area (Å²) in [7, 11) is 0. The molecule has 0 saturated carbocycles. The van der Waals surface area contributed by atoms with E-state index in [1.54, 1.807) is 36.8 Å². The molecule has 0 bridgehead atoms. The maximum Gasteiger partial charge on any atom is 0.419 e. The van der Waals surface area contributed by atoms with Crippen molar-refractivity contribution in [1.82, 2.24) is 14.5 Å². The first-order valence-electron chi connectivity index (χ1n) is 10.8. The van der Waals surface area contributed by atoms with Crippen molar-refractivity contribution < 1.29 is 19.1 Å². The van der Waals surface area contributed by atoms with Crippen molar-refractivity contribution in [2.45, 2.75) is 46.3 Å². The molecule has 0 spiro atoms. The number of fused-ring (bicyclic) bond motifs is 1. The molecular formula is C26H29N3O4. The fraction of sp³-hybridized carbons (Fsp3) is 0.308. The molecule has 0 aliphatic carbocycles. The second-order valence-electron chi connectivity index (χ2n) is 9.00. The zero-order valence-corrected chi connectivity index (χ0v) is 19.6. The molecule has 172 valence electrons. The van der Waals surface area contributed by atoms with Crippen molar-refractivity contribution in [1.29, 1.82) is 0 Å². The standard InChI is InChI=1S/C26H29N3O4/c1-18(2)28(17-23(30)19-12-14-27-15-13-19)24(31)11-10-20-16-29(25(32)33-26(3,4)5)22-9-7-6-8-21(20)22/h6-16,18H,17H2,1-5H3/b11-10+. The van der Waals surface area contributed by atoms with Crippen LogP contribution in [0, 0.1) is 0 Å². The lowest BCUT2D eigenvalue weighted by Gasteiger charge is -2.24. The fourth-order valence-electron chi connectivity index (χ4n) is 3.36. The van der Waals surface area contributed by atoms with Gasteiger partial charge in [-0.25, -0.2) is 4.79 Å². The molecule has 0 aliphatic heterocycles. The number of amides is 1. The number of hydrogen-bond acceptors (Lipinski definition) is 5. The number of pyridine rings is 1. The number of Topliss-reactive ketones (excluding diaryl/α,β-unsaturated/α-hetero) is 1. The maximum atomic E-state index is 13.0. The van der Waals surface area contributed by atoms with Gasteiger partial charge in [0.1, 0.15) is 5.60 Å². The molecule has 1 amide bonds. The maximum absolute atomic E-state index is 13.0. The molecule has 3 aromatic rings. The van der Waals surface area contributed by atoms with Crippen molar-refractivity contribution in [3.63, 3.8) is 0 Å². The molecule has 0 radical (unpaired) electrons. The third-order valence-corrected chi connectivity index (χ3v) is 4.96. The Bertz CT molecular complexity index is 1190. The first kappa shape index (κ1) is 23.9. The molecule has 0 atom stereocenters. The Morgan fingerprint density at radius 3 is 2.39 bits per heavy atom. The Hall–Kier alpha value is -3.74. The molecule has 0 unspecified atom stereocenters. The van der Waals surface area contributed by atoms with E-state index in [-0.39, 0.29) is 24.3 Å². The summed E-state index contributed by atoms with van der Waals surface area (Å²) in [6.07, 6.45) is 7.37. The number of hydrogen-bond donors (Lipinski definition) is 0. The van der Waals surface area contributed by atoms with Crippen LogP contribution < -0.4 is 0 Å².